The standard InChI is InChI=1S/C13H15ClN2O4/c1-13(18)5-7-15(8-6-13)12(17)9-3-2-4-10(11(9)14)16(19)20/h2-4,18H,5-8H2,1H3. The molecule has 0 spiro atoms. The van der Waals surface area contributed by atoms with Crippen molar-refractivity contribution in [1.29, 1.82) is 0 Å². The van der Waals surface area contributed by atoms with Gasteiger partial charge >= 0.3 is 0 Å². The van der Waals surface area contributed by atoms with Crippen molar-refractivity contribution in [2.45, 2.75) is 25.4 Å². The molecule has 1 aromatic rings. The molecule has 108 valence electrons. The number of hydrogen-bond acceptors (Lipinski definition) is 4. The minimum atomic E-state index is -0.761. The number of piperidine rings is 1. The molecular formula is C13H15ClN2O4. The van der Waals surface area contributed by atoms with Gasteiger partial charge in [0.15, 0.2) is 0 Å². The van der Waals surface area contributed by atoms with Gasteiger partial charge in [-0.05, 0) is 25.8 Å². The van der Waals surface area contributed by atoms with Crippen molar-refractivity contribution in [1.82, 2.24) is 4.90 Å². The number of aliphatic hydroxyl groups is 1. The van der Waals surface area contributed by atoms with Crippen molar-refractivity contribution in [3.8, 4) is 0 Å². The Morgan fingerprint density at radius 2 is 2.05 bits per heavy atom. The molecule has 1 N–H and O–H groups in total. The molecule has 7 heteroatoms. The SMILES string of the molecule is CC1(O)CCN(C(=O)c2cccc([N+](=O)[O-])c2Cl)CC1. The predicted octanol–water partition coefficient (Wildman–Crippen LogP) is 2.24. The highest BCUT2D eigenvalue weighted by molar-refractivity contribution is 6.35. The molecule has 0 aliphatic carbocycles. The zero-order valence-electron chi connectivity index (χ0n) is 11.0. The summed E-state index contributed by atoms with van der Waals surface area (Å²) in [5.74, 6) is -0.339. The number of carbonyl (C=O) groups excluding carboxylic acids is 1. The van der Waals surface area contributed by atoms with Crippen LogP contribution in [0.2, 0.25) is 5.02 Å². The maximum Gasteiger partial charge on any atom is 0.288 e. The largest absolute Gasteiger partial charge is 0.390 e. The van der Waals surface area contributed by atoms with Crippen LogP contribution in [0.5, 0.6) is 0 Å². The van der Waals surface area contributed by atoms with Gasteiger partial charge in [-0.3, -0.25) is 14.9 Å². The highest BCUT2D eigenvalue weighted by Crippen LogP contribution is 2.30. The van der Waals surface area contributed by atoms with Crippen molar-refractivity contribution in [3.05, 3.63) is 38.9 Å². The lowest BCUT2D eigenvalue weighted by molar-refractivity contribution is -0.384. The zero-order chi connectivity index (χ0) is 14.9. The first-order chi connectivity index (χ1) is 9.32. The van der Waals surface area contributed by atoms with Crippen LogP contribution in [-0.2, 0) is 0 Å². The van der Waals surface area contributed by atoms with E-state index in [2.05, 4.69) is 0 Å². The van der Waals surface area contributed by atoms with E-state index in [4.69, 9.17) is 11.6 Å². The molecule has 0 aromatic heterocycles. The van der Waals surface area contributed by atoms with Gasteiger partial charge in [-0.25, -0.2) is 0 Å². The van der Waals surface area contributed by atoms with Crippen molar-refractivity contribution in [2.24, 2.45) is 0 Å². The highest BCUT2D eigenvalue weighted by atomic mass is 35.5. The van der Waals surface area contributed by atoms with Gasteiger partial charge in [-0.2, -0.15) is 0 Å². The monoisotopic (exact) mass is 298 g/mol. The fourth-order valence-corrected chi connectivity index (χ4v) is 2.46. The first-order valence-corrected chi connectivity index (χ1v) is 6.64. The van der Waals surface area contributed by atoms with E-state index >= 15 is 0 Å². The van der Waals surface area contributed by atoms with E-state index in [0.717, 1.165) is 0 Å². The van der Waals surface area contributed by atoms with Crippen LogP contribution in [-0.4, -0.2) is 39.5 Å². The first kappa shape index (κ1) is 14.7. The summed E-state index contributed by atoms with van der Waals surface area (Å²) in [5.41, 5.74) is -0.910. The number of hydrogen-bond donors (Lipinski definition) is 1. The quantitative estimate of drug-likeness (QED) is 0.670. The molecule has 1 saturated heterocycles. The Morgan fingerprint density at radius 3 is 2.60 bits per heavy atom. The smallest absolute Gasteiger partial charge is 0.288 e. The number of carbonyl (C=O) groups is 1. The lowest BCUT2D eigenvalue weighted by atomic mass is 9.93. The Bertz CT molecular complexity index is 549. The van der Waals surface area contributed by atoms with Crippen LogP contribution in [0.4, 0.5) is 5.69 Å². The Balaban J connectivity index is 2.22. The van der Waals surface area contributed by atoms with Crippen LogP contribution < -0.4 is 0 Å². The molecule has 1 aliphatic heterocycles. The summed E-state index contributed by atoms with van der Waals surface area (Å²) in [5, 5.41) is 20.5. The maximum atomic E-state index is 12.3. The molecule has 0 radical (unpaired) electrons. The molecule has 20 heavy (non-hydrogen) atoms. The summed E-state index contributed by atoms with van der Waals surface area (Å²) in [6.07, 6.45) is 0.955. The van der Waals surface area contributed by atoms with E-state index in [1.807, 2.05) is 0 Å². The van der Waals surface area contributed by atoms with Crippen LogP contribution in [0.3, 0.4) is 0 Å². The van der Waals surface area contributed by atoms with Crippen molar-refractivity contribution < 1.29 is 14.8 Å². The minimum Gasteiger partial charge on any atom is -0.390 e. The van der Waals surface area contributed by atoms with E-state index < -0.39 is 10.5 Å². The third-order valence-electron chi connectivity index (χ3n) is 3.53. The molecule has 2 rings (SSSR count). The Morgan fingerprint density at radius 1 is 1.45 bits per heavy atom. The molecular weight excluding hydrogens is 284 g/mol. The van der Waals surface area contributed by atoms with Gasteiger partial charge in [0.2, 0.25) is 0 Å². The number of nitrogens with zero attached hydrogens (tertiary/aromatic N) is 2. The second-order valence-corrected chi connectivity index (χ2v) is 5.56. The van der Waals surface area contributed by atoms with Gasteiger partial charge in [0.1, 0.15) is 5.02 Å². The Labute approximate surface area is 121 Å². The van der Waals surface area contributed by atoms with E-state index in [-0.39, 0.29) is 22.2 Å². The normalized spacial score (nSPS) is 17.9. The van der Waals surface area contributed by atoms with E-state index in [0.29, 0.717) is 25.9 Å². The molecule has 1 amide bonds. The Hall–Kier alpha value is -1.66. The number of rotatable bonds is 2. The number of nitro benzene ring substituents is 1. The zero-order valence-corrected chi connectivity index (χ0v) is 11.8. The average Bonchev–Trinajstić information content (AvgIpc) is 2.38. The van der Waals surface area contributed by atoms with Crippen LogP contribution in [0.1, 0.15) is 30.1 Å². The summed E-state index contributed by atoms with van der Waals surface area (Å²) in [4.78, 5) is 24.1. The molecule has 6 nitrogen and oxygen atoms in total. The second kappa shape index (κ2) is 5.38. The summed E-state index contributed by atoms with van der Waals surface area (Å²) in [6, 6.07) is 4.18. The number of nitro groups is 1. The highest BCUT2D eigenvalue weighted by Gasteiger charge is 2.31. The summed E-state index contributed by atoms with van der Waals surface area (Å²) >= 11 is 5.94. The average molecular weight is 299 g/mol. The number of halogens is 1. The molecule has 1 aromatic carbocycles. The number of likely N-dealkylation sites (tertiary alicyclic amines) is 1. The Kier molecular flexibility index (Phi) is 3.96. The summed E-state index contributed by atoms with van der Waals surface area (Å²) in [6.45, 7) is 2.55. The van der Waals surface area contributed by atoms with E-state index in [1.165, 1.54) is 18.2 Å². The molecule has 0 unspecified atom stereocenters. The third kappa shape index (κ3) is 2.91. The van der Waals surface area contributed by atoms with Gasteiger partial charge in [0.05, 0.1) is 16.1 Å². The van der Waals surface area contributed by atoms with Gasteiger partial charge in [-0.1, -0.05) is 17.7 Å². The topological polar surface area (TPSA) is 83.7 Å². The summed E-state index contributed by atoms with van der Waals surface area (Å²) in [7, 11) is 0. The van der Waals surface area contributed by atoms with Crippen LogP contribution in [0.15, 0.2) is 18.2 Å². The fraction of sp³-hybridized carbons (Fsp3) is 0.462. The fourth-order valence-electron chi connectivity index (χ4n) is 2.19. The molecule has 0 atom stereocenters. The van der Waals surface area contributed by atoms with Crippen LogP contribution in [0, 0.1) is 10.1 Å². The van der Waals surface area contributed by atoms with E-state index in [9.17, 15) is 20.0 Å². The van der Waals surface area contributed by atoms with Crippen LogP contribution >= 0.6 is 11.6 Å². The third-order valence-corrected chi connectivity index (χ3v) is 3.93. The number of amides is 1. The summed E-state index contributed by atoms with van der Waals surface area (Å²) < 4.78 is 0. The molecule has 0 saturated carbocycles. The van der Waals surface area contributed by atoms with Gasteiger partial charge in [-0.15, -0.1) is 0 Å². The predicted molar refractivity (Wildman–Crippen MR) is 73.9 cm³/mol. The first-order valence-electron chi connectivity index (χ1n) is 6.26. The maximum absolute atomic E-state index is 12.3. The van der Waals surface area contributed by atoms with Crippen molar-refractivity contribution in [2.75, 3.05) is 13.1 Å². The number of benzene rings is 1. The van der Waals surface area contributed by atoms with Gasteiger partial charge in [0.25, 0.3) is 11.6 Å². The molecule has 1 aliphatic rings. The minimum absolute atomic E-state index is 0.127. The molecule has 1 fully saturated rings. The second-order valence-electron chi connectivity index (χ2n) is 5.18. The lowest BCUT2D eigenvalue weighted by Crippen LogP contribution is -2.45. The molecule has 1 heterocycles. The van der Waals surface area contributed by atoms with E-state index in [1.54, 1.807) is 11.8 Å². The van der Waals surface area contributed by atoms with Crippen LogP contribution in [0.25, 0.3) is 0 Å². The van der Waals surface area contributed by atoms with Crippen molar-refractivity contribution in [3.63, 3.8) is 0 Å². The van der Waals surface area contributed by atoms with Gasteiger partial charge < -0.3 is 10.0 Å². The van der Waals surface area contributed by atoms with Crippen molar-refractivity contribution >= 4 is 23.2 Å². The molecule has 0 bridgehead atoms. The van der Waals surface area contributed by atoms with Gasteiger partial charge in [0, 0.05) is 19.2 Å². The lowest BCUT2D eigenvalue weighted by Gasteiger charge is -2.35.